The number of sulfonamides is 1. The first-order chi connectivity index (χ1) is 15.3. The van der Waals surface area contributed by atoms with E-state index in [-0.39, 0.29) is 27.3 Å². The summed E-state index contributed by atoms with van der Waals surface area (Å²) in [6.45, 7) is -0.622. The van der Waals surface area contributed by atoms with Crippen LogP contribution in [0.2, 0.25) is 0 Å². The lowest BCUT2D eigenvalue weighted by Gasteiger charge is -2.14. The minimum atomic E-state index is -3.73. The lowest BCUT2D eigenvalue weighted by atomic mass is 10.1. The number of anilines is 1. The third kappa shape index (κ3) is 4.52. The number of ether oxygens (including phenoxy) is 1. The van der Waals surface area contributed by atoms with Gasteiger partial charge in [0.1, 0.15) is 16.4 Å². The molecular weight excluding hydrogens is 464 g/mol. The number of hydrogen-bond donors (Lipinski definition) is 1. The zero-order chi connectivity index (χ0) is 22.9. The van der Waals surface area contributed by atoms with Crippen molar-refractivity contribution in [2.45, 2.75) is 31.3 Å². The molecule has 0 bridgehead atoms. The number of para-hydroxylation sites is 1. The summed E-state index contributed by atoms with van der Waals surface area (Å²) in [6, 6.07) is 7.39. The summed E-state index contributed by atoms with van der Waals surface area (Å²) in [5, 5.41) is 4.32. The van der Waals surface area contributed by atoms with Crippen molar-refractivity contribution in [2.24, 2.45) is 0 Å². The molecule has 1 N–H and O–H groups in total. The molecule has 1 saturated heterocycles. The number of furan rings is 1. The smallest absolute Gasteiger partial charge is 0.387 e. The van der Waals surface area contributed by atoms with Crippen LogP contribution in [0.25, 0.3) is 11.3 Å². The Hall–Kier alpha value is -2.83. The van der Waals surface area contributed by atoms with Gasteiger partial charge < -0.3 is 9.15 Å². The Labute approximate surface area is 186 Å². The number of alkyl halides is 2. The van der Waals surface area contributed by atoms with Crippen molar-refractivity contribution in [1.29, 1.82) is 0 Å². The van der Waals surface area contributed by atoms with E-state index in [4.69, 9.17) is 4.42 Å². The Morgan fingerprint density at radius 1 is 1.28 bits per heavy atom. The van der Waals surface area contributed by atoms with Gasteiger partial charge in [-0.1, -0.05) is 12.1 Å². The Kier molecular flexibility index (Phi) is 6.26. The van der Waals surface area contributed by atoms with E-state index in [1.165, 1.54) is 23.4 Å². The number of carbonyl (C=O) groups excluding carboxylic acids is 1. The highest BCUT2D eigenvalue weighted by molar-refractivity contribution is 7.89. The Bertz CT molecular complexity index is 1230. The molecule has 2 aromatic heterocycles. The average molecular weight is 484 g/mol. The van der Waals surface area contributed by atoms with Gasteiger partial charge in [-0.3, -0.25) is 10.1 Å². The predicted molar refractivity (Wildman–Crippen MR) is 114 cm³/mol. The van der Waals surface area contributed by atoms with E-state index in [0.717, 1.165) is 24.2 Å². The molecule has 3 aromatic rings. The molecule has 0 unspecified atom stereocenters. The second-order valence-corrected chi connectivity index (χ2v) is 9.77. The van der Waals surface area contributed by atoms with Crippen LogP contribution in [0.15, 0.2) is 45.0 Å². The number of thiazole rings is 1. The summed E-state index contributed by atoms with van der Waals surface area (Å²) < 4.78 is 62.1. The molecule has 4 rings (SSSR count). The maximum absolute atomic E-state index is 12.8. The van der Waals surface area contributed by atoms with Gasteiger partial charge in [0, 0.05) is 30.1 Å². The van der Waals surface area contributed by atoms with Crippen molar-refractivity contribution in [3.05, 3.63) is 47.2 Å². The molecule has 1 aromatic carbocycles. The van der Waals surface area contributed by atoms with Gasteiger partial charge in [-0.2, -0.15) is 13.1 Å². The first kappa shape index (κ1) is 22.4. The number of amides is 1. The lowest BCUT2D eigenvalue weighted by molar-refractivity contribution is -0.0494. The van der Waals surface area contributed by atoms with E-state index < -0.39 is 22.5 Å². The summed E-state index contributed by atoms with van der Waals surface area (Å²) in [5.74, 6) is -0.753. The van der Waals surface area contributed by atoms with Crippen LogP contribution in [0.4, 0.5) is 13.9 Å². The van der Waals surface area contributed by atoms with E-state index in [1.807, 2.05) is 0 Å². The fourth-order valence-electron chi connectivity index (χ4n) is 3.39. The Morgan fingerprint density at radius 3 is 2.72 bits per heavy atom. The topological polar surface area (TPSA) is 102 Å². The van der Waals surface area contributed by atoms with E-state index in [9.17, 15) is 22.0 Å². The Morgan fingerprint density at radius 2 is 2.00 bits per heavy atom. The standard InChI is InChI=1S/C20H19F2N3O5S2/c1-12-17(32(27,28)25-8-4-5-9-25)10-16(29-12)18(26)24-20-23-14(11-31-20)13-6-2-3-7-15(13)30-19(21)22/h2-3,6-7,10-11,19H,4-5,8-9H2,1H3,(H,23,24,26). The van der Waals surface area contributed by atoms with E-state index in [2.05, 4.69) is 15.0 Å². The van der Waals surface area contributed by atoms with Crippen LogP contribution in [-0.2, 0) is 10.0 Å². The summed E-state index contributed by atoms with van der Waals surface area (Å²) in [4.78, 5) is 16.8. The van der Waals surface area contributed by atoms with Crippen LogP contribution in [0.5, 0.6) is 5.75 Å². The predicted octanol–water partition coefficient (Wildman–Crippen LogP) is 4.35. The second kappa shape index (κ2) is 8.96. The molecule has 0 aliphatic carbocycles. The molecule has 0 atom stereocenters. The van der Waals surface area contributed by atoms with Crippen LogP contribution in [0.3, 0.4) is 0 Å². The molecule has 8 nitrogen and oxygen atoms in total. The van der Waals surface area contributed by atoms with Crippen molar-refractivity contribution >= 4 is 32.4 Å². The Balaban J connectivity index is 1.52. The van der Waals surface area contributed by atoms with Crippen molar-refractivity contribution in [3.63, 3.8) is 0 Å². The zero-order valence-corrected chi connectivity index (χ0v) is 18.5. The molecule has 1 fully saturated rings. The van der Waals surface area contributed by atoms with Crippen LogP contribution in [0.1, 0.15) is 29.2 Å². The molecule has 0 saturated carbocycles. The second-order valence-electron chi connectivity index (χ2n) is 7.01. The average Bonchev–Trinajstić information content (AvgIpc) is 3.49. The normalized spacial score (nSPS) is 14.8. The molecule has 170 valence electrons. The quantitative estimate of drug-likeness (QED) is 0.536. The van der Waals surface area contributed by atoms with Crippen LogP contribution >= 0.6 is 11.3 Å². The van der Waals surface area contributed by atoms with Gasteiger partial charge in [0.2, 0.25) is 10.0 Å². The highest BCUT2D eigenvalue weighted by Gasteiger charge is 2.32. The number of hydrogen-bond acceptors (Lipinski definition) is 7. The van der Waals surface area contributed by atoms with Gasteiger partial charge in [-0.25, -0.2) is 13.4 Å². The number of rotatable bonds is 7. The largest absolute Gasteiger partial charge is 0.455 e. The minimum absolute atomic E-state index is 0.0379. The summed E-state index contributed by atoms with van der Waals surface area (Å²) in [5.41, 5.74) is 0.687. The summed E-state index contributed by atoms with van der Waals surface area (Å²) >= 11 is 1.08. The molecule has 0 spiro atoms. The van der Waals surface area contributed by atoms with Gasteiger partial charge in [-0.05, 0) is 31.9 Å². The maximum atomic E-state index is 12.8. The molecule has 1 aliphatic heterocycles. The van der Waals surface area contributed by atoms with Gasteiger partial charge >= 0.3 is 6.61 Å². The zero-order valence-electron chi connectivity index (χ0n) is 16.9. The van der Waals surface area contributed by atoms with E-state index >= 15 is 0 Å². The van der Waals surface area contributed by atoms with E-state index in [1.54, 1.807) is 23.6 Å². The number of aryl methyl sites for hydroxylation is 1. The first-order valence-electron chi connectivity index (χ1n) is 9.67. The third-order valence-corrected chi connectivity index (χ3v) is 7.65. The van der Waals surface area contributed by atoms with Gasteiger partial charge in [0.15, 0.2) is 10.9 Å². The van der Waals surface area contributed by atoms with Crippen molar-refractivity contribution in [1.82, 2.24) is 9.29 Å². The molecule has 12 heteroatoms. The van der Waals surface area contributed by atoms with Gasteiger partial charge in [0.25, 0.3) is 5.91 Å². The number of aromatic nitrogens is 1. The molecule has 0 radical (unpaired) electrons. The number of carbonyl (C=O) groups is 1. The fraction of sp³-hybridized carbons (Fsp3) is 0.300. The van der Waals surface area contributed by atoms with Crippen LogP contribution in [0, 0.1) is 6.92 Å². The van der Waals surface area contributed by atoms with Crippen molar-refractivity contribution in [2.75, 3.05) is 18.4 Å². The monoisotopic (exact) mass is 483 g/mol. The summed E-state index contributed by atoms with van der Waals surface area (Å²) in [7, 11) is -3.73. The van der Waals surface area contributed by atoms with E-state index in [0.29, 0.717) is 24.3 Å². The first-order valence-corrected chi connectivity index (χ1v) is 12.0. The SMILES string of the molecule is Cc1oc(C(=O)Nc2nc(-c3ccccc3OC(F)F)cs2)cc1S(=O)(=O)N1CCCC1. The molecule has 1 aliphatic rings. The molecular formula is C20H19F2N3O5S2. The third-order valence-electron chi connectivity index (χ3n) is 4.88. The summed E-state index contributed by atoms with van der Waals surface area (Å²) in [6.07, 6.45) is 1.59. The number of nitrogens with zero attached hydrogens (tertiary/aromatic N) is 2. The minimum Gasteiger partial charge on any atom is -0.455 e. The molecule has 3 heterocycles. The number of halogens is 2. The van der Waals surface area contributed by atoms with Crippen molar-refractivity contribution < 1.29 is 31.1 Å². The van der Waals surface area contributed by atoms with Crippen molar-refractivity contribution in [3.8, 4) is 17.0 Å². The van der Waals surface area contributed by atoms with Gasteiger partial charge in [-0.15, -0.1) is 11.3 Å². The fourth-order valence-corrected chi connectivity index (χ4v) is 5.78. The van der Waals surface area contributed by atoms with Gasteiger partial charge in [0.05, 0.1) is 5.69 Å². The number of nitrogens with one attached hydrogen (secondary N) is 1. The highest BCUT2D eigenvalue weighted by Crippen LogP contribution is 2.33. The van der Waals surface area contributed by atoms with Crippen LogP contribution < -0.4 is 10.1 Å². The number of benzene rings is 1. The maximum Gasteiger partial charge on any atom is 0.387 e. The molecule has 32 heavy (non-hydrogen) atoms. The van der Waals surface area contributed by atoms with Crippen LogP contribution in [-0.4, -0.2) is 43.3 Å². The highest BCUT2D eigenvalue weighted by atomic mass is 32.2. The lowest BCUT2D eigenvalue weighted by Crippen LogP contribution is -2.28. The molecule has 1 amide bonds.